The highest BCUT2D eigenvalue weighted by molar-refractivity contribution is 5.84. The van der Waals surface area contributed by atoms with Crippen LogP contribution in [0.4, 0.5) is 14.6 Å². The third kappa shape index (κ3) is 4.84. The Kier molecular flexibility index (Phi) is 6.90. The molecule has 1 aromatic carbocycles. The number of anilines is 1. The van der Waals surface area contributed by atoms with Gasteiger partial charge in [0.05, 0.1) is 17.7 Å². The fraction of sp³-hybridized carbons (Fsp3) is 0.542. The SMILES string of the molecule is CC(C)NCC(C(=O)N1CCN(c2ncnc3c2[C@H](C)C[C@H]3O)CC1)c1ccc(F)c(F)c1. The van der Waals surface area contributed by atoms with Crippen LogP contribution in [0.1, 0.15) is 62.0 Å². The first-order valence-electron chi connectivity index (χ1n) is 11.5. The van der Waals surface area contributed by atoms with Crippen molar-refractivity contribution < 1.29 is 18.7 Å². The van der Waals surface area contributed by atoms with Gasteiger partial charge in [-0.05, 0) is 30.0 Å². The lowest BCUT2D eigenvalue weighted by Crippen LogP contribution is -2.51. The molecule has 33 heavy (non-hydrogen) atoms. The Morgan fingerprint density at radius 3 is 2.58 bits per heavy atom. The summed E-state index contributed by atoms with van der Waals surface area (Å²) in [4.78, 5) is 26.1. The number of amides is 1. The molecule has 1 amide bonds. The summed E-state index contributed by atoms with van der Waals surface area (Å²) in [5, 5.41) is 13.5. The molecule has 7 nitrogen and oxygen atoms in total. The van der Waals surface area contributed by atoms with Gasteiger partial charge in [0.15, 0.2) is 11.6 Å². The predicted molar refractivity (Wildman–Crippen MR) is 121 cm³/mol. The van der Waals surface area contributed by atoms with Crippen LogP contribution >= 0.6 is 0 Å². The molecule has 1 aromatic heterocycles. The van der Waals surface area contributed by atoms with Crippen LogP contribution in [0, 0.1) is 11.6 Å². The normalized spacial score (nSPS) is 21.4. The first-order chi connectivity index (χ1) is 15.8. The van der Waals surface area contributed by atoms with E-state index in [-0.39, 0.29) is 17.9 Å². The molecule has 0 saturated carbocycles. The monoisotopic (exact) mass is 459 g/mol. The zero-order valence-electron chi connectivity index (χ0n) is 19.3. The Bertz CT molecular complexity index is 1010. The minimum absolute atomic E-state index is 0.106. The smallest absolute Gasteiger partial charge is 0.231 e. The van der Waals surface area contributed by atoms with Gasteiger partial charge in [-0.1, -0.05) is 26.8 Å². The van der Waals surface area contributed by atoms with Crippen LogP contribution in [0.5, 0.6) is 0 Å². The van der Waals surface area contributed by atoms with E-state index in [4.69, 9.17) is 0 Å². The van der Waals surface area contributed by atoms with Crippen LogP contribution in [0.2, 0.25) is 0 Å². The van der Waals surface area contributed by atoms with Gasteiger partial charge >= 0.3 is 0 Å². The molecule has 1 aliphatic carbocycles. The van der Waals surface area contributed by atoms with Gasteiger partial charge < -0.3 is 20.2 Å². The summed E-state index contributed by atoms with van der Waals surface area (Å²) in [7, 11) is 0. The Hall–Kier alpha value is -2.65. The Morgan fingerprint density at radius 2 is 1.91 bits per heavy atom. The highest BCUT2D eigenvalue weighted by Gasteiger charge is 2.35. The number of aliphatic hydroxyl groups is 1. The summed E-state index contributed by atoms with van der Waals surface area (Å²) in [5.41, 5.74) is 2.15. The number of rotatable bonds is 6. The van der Waals surface area contributed by atoms with Crippen LogP contribution < -0.4 is 10.2 Å². The molecule has 0 radical (unpaired) electrons. The summed E-state index contributed by atoms with van der Waals surface area (Å²) >= 11 is 0. The van der Waals surface area contributed by atoms with Crippen molar-refractivity contribution in [3.63, 3.8) is 0 Å². The van der Waals surface area contributed by atoms with Gasteiger partial charge in [0.2, 0.25) is 5.91 Å². The molecule has 0 bridgehead atoms. The van der Waals surface area contributed by atoms with Crippen LogP contribution in [0.15, 0.2) is 24.5 Å². The summed E-state index contributed by atoms with van der Waals surface area (Å²) in [6, 6.07) is 3.83. The van der Waals surface area contributed by atoms with Crippen LogP contribution in [0.3, 0.4) is 0 Å². The van der Waals surface area contributed by atoms with Crippen LogP contribution in [-0.2, 0) is 4.79 Å². The second-order valence-corrected chi connectivity index (χ2v) is 9.25. The molecule has 1 unspecified atom stereocenters. The minimum Gasteiger partial charge on any atom is -0.387 e. The number of benzene rings is 1. The standard InChI is InChI=1S/C24H31F2N5O2/c1-14(2)27-12-17(16-4-5-18(25)19(26)11-16)24(33)31-8-6-30(7-9-31)23-21-15(3)10-20(32)22(21)28-13-29-23/h4-5,11,13-15,17,20,27,32H,6-10,12H2,1-3H3/t15-,17?,20-/m1/s1. The molecule has 2 heterocycles. The van der Waals surface area contributed by atoms with Gasteiger partial charge in [-0.25, -0.2) is 18.7 Å². The number of carbonyl (C=O) groups excluding carboxylic acids is 1. The molecule has 9 heteroatoms. The van der Waals surface area contributed by atoms with E-state index in [1.54, 1.807) is 4.90 Å². The largest absolute Gasteiger partial charge is 0.387 e. The number of carbonyl (C=O) groups is 1. The van der Waals surface area contributed by atoms with Crippen LogP contribution in [0.25, 0.3) is 0 Å². The third-order valence-electron chi connectivity index (χ3n) is 6.54. The number of aliphatic hydroxyl groups excluding tert-OH is 1. The second kappa shape index (κ2) is 9.69. The average molecular weight is 460 g/mol. The van der Waals surface area contributed by atoms with Crippen molar-refractivity contribution in [2.24, 2.45) is 0 Å². The molecular weight excluding hydrogens is 428 g/mol. The lowest BCUT2D eigenvalue weighted by Gasteiger charge is -2.38. The molecule has 4 rings (SSSR count). The molecule has 0 spiro atoms. The fourth-order valence-corrected chi connectivity index (χ4v) is 4.74. The number of nitrogens with zero attached hydrogens (tertiary/aromatic N) is 4. The maximum Gasteiger partial charge on any atom is 0.231 e. The predicted octanol–water partition coefficient (Wildman–Crippen LogP) is 2.73. The Morgan fingerprint density at radius 1 is 1.18 bits per heavy atom. The number of hydrogen-bond donors (Lipinski definition) is 2. The number of aromatic nitrogens is 2. The van der Waals surface area contributed by atoms with E-state index in [0.29, 0.717) is 50.4 Å². The van der Waals surface area contributed by atoms with E-state index in [0.717, 1.165) is 23.5 Å². The van der Waals surface area contributed by atoms with E-state index >= 15 is 0 Å². The quantitative estimate of drug-likeness (QED) is 0.692. The van der Waals surface area contributed by atoms with Crippen molar-refractivity contribution in [3.05, 3.63) is 53.0 Å². The third-order valence-corrected chi connectivity index (χ3v) is 6.54. The molecule has 3 atom stereocenters. The molecule has 178 valence electrons. The van der Waals surface area contributed by atoms with Gasteiger partial charge in [0.25, 0.3) is 0 Å². The molecule has 2 aromatic rings. The van der Waals surface area contributed by atoms with Gasteiger partial charge in [0, 0.05) is 44.3 Å². The Labute approximate surface area is 192 Å². The van der Waals surface area contributed by atoms with E-state index in [9.17, 15) is 18.7 Å². The molecule has 2 N–H and O–H groups in total. The van der Waals surface area contributed by atoms with Crippen molar-refractivity contribution in [1.29, 1.82) is 0 Å². The lowest BCUT2D eigenvalue weighted by molar-refractivity contribution is -0.133. The highest BCUT2D eigenvalue weighted by atomic mass is 19.2. The van der Waals surface area contributed by atoms with Gasteiger partial charge in [-0.2, -0.15) is 0 Å². The zero-order valence-corrected chi connectivity index (χ0v) is 19.3. The van der Waals surface area contributed by atoms with Crippen molar-refractivity contribution in [1.82, 2.24) is 20.2 Å². The van der Waals surface area contributed by atoms with Crippen molar-refractivity contribution in [2.75, 3.05) is 37.6 Å². The molecule has 1 fully saturated rings. The van der Waals surface area contributed by atoms with Gasteiger partial charge in [-0.3, -0.25) is 4.79 Å². The topological polar surface area (TPSA) is 81.6 Å². The first kappa shape index (κ1) is 23.5. The summed E-state index contributed by atoms with van der Waals surface area (Å²) in [6.07, 6.45) is 1.56. The fourth-order valence-electron chi connectivity index (χ4n) is 4.74. The molecule has 1 aliphatic heterocycles. The zero-order chi connectivity index (χ0) is 23.7. The molecule has 2 aliphatic rings. The summed E-state index contributed by atoms with van der Waals surface area (Å²) in [6.45, 7) is 8.55. The van der Waals surface area contributed by atoms with E-state index in [1.807, 2.05) is 13.8 Å². The number of halogens is 2. The van der Waals surface area contributed by atoms with E-state index in [1.165, 1.54) is 12.4 Å². The van der Waals surface area contributed by atoms with Crippen molar-refractivity contribution in [2.45, 2.75) is 51.2 Å². The van der Waals surface area contributed by atoms with Gasteiger partial charge in [-0.15, -0.1) is 0 Å². The maximum absolute atomic E-state index is 13.9. The first-order valence-corrected chi connectivity index (χ1v) is 11.5. The van der Waals surface area contributed by atoms with Crippen LogP contribution in [-0.4, -0.2) is 64.6 Å². The lowest BCUT2D eigenvalue weighted by atomic mass is 9.96. The van der Waals surface area contributed by atoms with Crippen molar-refractivity contribution >= 4 is 11.7 Å². The number of fused-ring (bicyclic) bond motifs is 1. The molecule has 1 saturated heterocycles. The average Bonchev–Trinajstić information content (AvgIpc) is 3.09. The number of piperazine rings is 1. The molecular formula is C24H31F2N5O2. The van der Waals surface area contributed by atoms with Crippen molar-refractivity contribution in [3.8, 4) is 0 Å². The van der Waals surface area contributed by atoms with E-state index < -0.39 is 23.7 Å². The maximum atomic E-state index is 13.9. The minimum atomic E-state index is -0.950. The van der Waals surface area contributed by atoms with E-state index in [2.05, 4.69) is 27.1 Å². The van der Waals surface area contributed by atoms with Gasteiger partial charge in [0.1, 0.15) is 12.1 Å². The number of nitrogens with one attached hydrogen (secondary N) is 1. The summed E-state index contributed by atoms with van der Waals surface area (Å²) < 4.78 is 27.4. The number of hydrogen-bond acceptors (Lipinski definition) is 6. The highest BCUT2D eigenvalue weighted by Crippen LogP contribution is 2.42. The summed E-state index contributed by atoms with van der Waals surface area (Å²) in [5.74, 6) is -1.58. The Balaban J connectivity index is 1.49. The second-order valence-electron chi connectivity index (χ2n) is 9.25.